The van der Waals surface area contributed by atoms with Crippen molar-refractivity contribution < 1.29 is 19.1 Å². The van der Waals surface area contributed by atoms with Crippen LogP contribution in [0.4, 0.5) is 5.69 Å². The Morgan fingerprint density at radius 1 is 1.26 bits per heavy atom. The molecule has 3 aliphatic rings. The molecular weight excluding hydrogens is 396 g/mol. The summed E-state index contributed by atoms with van der Waals surface area (Å²) < 4.78 is 10.8. The summed E-state index contributed by atoms with van der Waals surface area (Å²) in [7, 11) is 1.67. The Kier molecular flexibility index (Phi) is 6.77. The van der Waals surface area contributed by atoms with Gasteiger partial charge in [-0.25, -0.2) is 0 Å². The molecule has 0 unspecified atom stereocenters. The van der Waals surface area contributed by atoms with Gasteiger partial charge in [-0.15, -0.1) is 6.58 Å². The van der Waals surface area contributed by atoms with E-state index in [0.717, 1.165) is 30.1 Å². The molecule has 0 aliphatic carbocycles. The van der Waals surface area contributed by atoms with Gasteiger partial charge in [0.15, 0.2) is 0 Å². The van der Waals surface area contributed by atoms with E-state index in [2.05, 4.69) is 33.8 Å². The predicted molar refractivity (Wildman–Crippen MR) is 118 cm³/mol. The van der Waals surface area contributed by atoms with Crippen LogP contribution in [0, 0.1) is 5.92 Å². The molecule has 0 radical (unpaired) electrons. The Bertz CT molecular complexity index is 824. The fourth-order valence-electron chi connectivity index (χ4n) is 4.82. The van der Waals surface area contributed by atoms with Crippen molar-refractivity contribution in [3.63, 3.8) is 0 Å². The highest BCUT2D eigenvalue weighted by Crippen LogP contribution is 2.38. The summed E-state index contributed by atoms with van der Waals surface area (Å²) in [5, 5.41) is 2.98. The van der Waals surface area contributed by atoms with Gasteiger partial charge in [-0.05, 0) is 18.1 Å². The van der Waals surface area contributed by atoms with Crippen LogP contribution in [0.5, 0.6) is 5.75 Å². The first-order valence-corrected chi connectivity index (χ1v) is 11.0. The fraction of sp³-hybridized carbons (Fsp3) is 0.565. The summed E-state index contributed by atoms with van der Waals surface area (Å²) in [6, 6.07) is 6.09. The van der Waals surface area contributed by atoms with Gasteiger partial charge >= 0.3 is 0 Å². The summed E-state index contributed by atoms with van der Waals surface area (Å²) in [5.41, 5.74) is 2.30. The Balaban J connectivity index is 1.52. The maximum atomic E-state index is 13.0. The Labute approximate surface area is 183 Å². The summed E-state index contributed by atoms with van der Waals surface area (Å²) >= 11 is 0. The summed E-state index contributed by atoms with van der Waals surface area (Å²) in [4.78, 5) is 32.2. The molecule has 1 aromatic carbocycles. The molecule has 3 heterocycles. The maximum Gasteiger partial charge on any atom is 0.236 e. The van der Waals surface area contributed by atoms with Crippen molar-refractivity contribution >= 4 is 17.5 Å². The van der Waals surface area contributed by atoms with Gasteiger partial charge in [-0.1, -0.05) is 12.1 Å². The average molecular weight is 429 g/mol. The Morgan fingerprint density at radius 2 is 2.06 bits per heavy atom. The van der Waals surface area contributed by atoms with Gasteiger partial charge in [0.1, 0.15) is 5.75 Å². The number of hydrogen-bond acceptors (Lipinski definition) is 6. The van der Waals surface area contributed by atoms with Gasteiger partial charge < -0.3 is 24.6 Å². The highest BCUT2D eigenvalue weighted by molar-refractivity contribution is 5.82. The number of amides is 2. The van der Waals surface area contributed by atoms with Crippen molar-refractivity contribution in [3.05, 3.63) is 36.4 Å². The van der Waals surface area contributed by atoms with E-state index in [9.17, 15) is 9.59 Å². The largest absolute Gasteiger partial charge is 0.497 e. The lowest BCUT2D eigenvalue weighted by atomic mass is 9.83. The number of anilines is 1. The molecule has 2 saturated heterocycles. The van der Waals surface area contributed by atoms with E-state index in [4.69, 9.17) is 9.47 Å². The van der Waals surface area contributed by atoms with Crippen LogP contribution in [0.25, 0.3) is 0 Å². The van der Waals surface area contributed by atoms with Crippen LogP contribution in [0.1, 0.15) is 5.56 Å². The third-order valence-electron chi connectivity index (χ3n) is 6.49. The molecule has 2 amide bonds. The number of nitrogens with zero attached hydrogens (tertiary/aromatic N) is 3. The minimum atomic E-state index is -0.179. The zero-order valence-electron chi connectivity index (χ0n) is 18.2. The molecule has 2 atom stereocenters. The van der Waals surface area contributed by atoms with Crippen molar-refractivity contribution in [1.82, 2.24) is 15.1 Å². The van der Waals surface area contributed by atoms with E-state index in [1.165, 1.54) is 0 Å². The SMILES string of the molecule is C=CCNC(=O)[C@H]1Cc2ccc(OC)cc2N2CCN(CC(=O)N3CCOCC3)C[C@H]12. The van der Waals surface area contributed by atoms with Crippen LogP contribution in [0.3, 0.4) is 0 Å². The maximum absolute atomic E-state index is 13.0. The van der Waals surface area contributed by atoms with Crippen LogP contribution in [-0.2, 0) is 20.7 Å². The number of morpholine rings is 1. The normalized spacial score (nSPS) is 23.5. The molecule has 8 heteroatoms. The third kappa shape index (κ3) is 4.70. The van der Waals surface area contributed by atoms with Crippen molar-refractivity contribution in [2.45, 2.75) is 12.5 Å². The standard InChI is InChI=1S/C23H32N4O4/c1-3-6-24-23(29)19-13-17-4-5-18(30-2)14-20(17)27-8-7-25(15-21(19)27)16-22(28)26-9-11-31-12-10-26/h3-5,14,19,21H,1,6-13,15-16H2,2H3,(H,24,29)/t19-,21+/m0/s1. The number of nitrogens with one attached hydrogen (secondary N) is 1. The fourth-order valence-corrected chi connectivity index (χ4v) is 4.82. The minimum Gasteiger partial charge on any atom is -0.497 e. The quantitative estimate of drug-likeness (QED) is 0.666. The number of piperazine rings is 1. The van der Waals surface area contributed by atoms with Crippen LogP contribution in [-0.4, -0.2) is 93.8 Å². The number of fused-ring (bicyclic) bond motifs is 3. The second-order valence-corrected chi connectivity index (χ2v) is 8.33. The Hall–Kier alpha value is -2.58. The van der Waals surface area contributed by atoms with Gasteiger partial charge in [0, 0.05) is 51.0 Å². The number of rotatable bonds is 6. The molecule has 4 rings (SSSR count). The smallest absolute Gasteiger partial charge is 0.236 e. The molecular formula is C23H32N4O4. The first-order chi connectivity index (χ1) is 15.1. The van der Waals surface area contributed by atoms with Crippen molar-refractivity contribution in [2.24, 2.45) is 5.92 Å². The second kappa shape index (κ2) is 9.70. The molecule has 0 aromatic heterocycles. The highest BCUT2D eigenvalue weighted by Gasteiger charge is 2.42. The summed E-state index contributed by atoms with van der Waals surface area (Å²) in [6.07, 6.45) is 2.38. The summed E-state index contributed by atoms with van der Waals surface area (Å²) in [5.74, 6) is 0.819. The second-order valence-electron chi connectivity index (χ2n) is 8.33. The molecule has 3 aliphatic heterocycles. The number of carbonyl (C=O) groups is 2. The molecule has 8 nitrogen and oxygen atoms in total. The van der Waals surface area contributed by atoms with E-state index >= 15 is 0 Å². The van der Waals surface area contributed by atoms with Crippen molar-refractivity contribution in [2.75, 3.05) is 71.0 Å². The highest BCUT2D eigenvalue weighted by atomic mass is 16.5. The number of ether oxygens (including phenoxy) is 2. The first-order valence-electron chi connectivity index (χ1n) is 11.0. The minimum absolute atomic E-state index is 0.00987. The molecule has 0 spiro atoms. The molecule has 1 aromatic rings. The number of carbonyl (C=O) groups excluding carboxylic acids is 2. The number of methoxy groups -OCH3 is 1. The van der Waals surface area contributed by atoms with E-state index in [0.29, 0.717) is 52.4 Å². The topological polar surface area (TPSA) is 74.4 Å². The molecule has 1 N–H and O–H groups in total. The Morgan fingerprint density at radius 3 is 2.81 bits per heavy atom. The average Bonchev–Trinajstić information content (AvgIpc) is 2.82. The van der Waals surface area contributed by atoms with Crippen molar-refractivity contribution in [3.8, 4) is 5.75 Å². The summed E-state index contributed by atoms with van der Waals surface area (Å²) in [6.45, 7) is 9.29. The lowest BCUT2D eigenvalue weighted by Crippen LogP contribution is -2.62. The lowest BCUT2D eigenvalue weighted by Gasteiger charge is -2.49. The lowest BCUT2D eigenvalue weighted by molar-refractivity contribution is -0.136. The molecule has 0 saturated carbocycles. The van der Waals surface area contributed by atoms with Crippen LogP contribution < -0.4 is 15.0 Å². The predicted octanol–water partition coefficient (Wildman–Crippen LogP) is 0.519. The molecule has 2 fully saturated rings. The van der Waals surface area contributed by atoms with Gasteiger partial charge in [0.25, 0.3) is 0 Å². The zero-order chi connectivity index (χ0) is 21.8. The van der Waals surface area contributed by atoms with Crippen LogP contribution >= 0.6 is 0 Å². The molecule has 31 heavy (non-hydrogen) atoms. The van der Waals surface area contributed by atoms with Crippen LogP contribution in [0.2, 0.25) is 0 Å². The van der Waals surface area contributed by atoms with Gasteiger partial charge in [-0.3, -0.25) is 14.5 Å². The molecule has 168 valence electrons. The van der Waals surface area contributed by atoms with E-state index in [1.807, 2.05) is 11.0 Å². The van der Waals surface area contributed by atoms with E-state index in [1.54, 1.807) is 13.2 Å². The van der Waals surface area contributed by atoms with Gasteiger partial charge in [-0.2, -0.15) is 0 Å². The number of hydrogen-bond donors (Lipinski definition) is 1. The zero-order valence-corrected chi connectivity index (χ0v) is 18.2. The monoisotopic (exact) mass is 428 g/mol. The van der Waals surface area contributed by atoms with E-state index in [-0.39, 0.29) is 23.8 Å². The van der Waals surface area contributed by atoms with E-state index < -0.39 is 0 Å². The molecule has 0 bridgehead atoms. The van der Waals surface area contributed by atoms with Gasteiger partial charge in [0.2, 0.25) is 11.8 Å². The third-order valence-corrected chi connectivity index (χ3v) is 6.49. The first kappa shape index (κ1) is 21.6. The van der Waals surface area contributed by atoms with Crippen LogP contribution in [0.15, 0.2) is 30.9 Å². The number of benzene rings is 1. The van der Waals surface area contributed by atoms with Crippen molar-refractivity contribution in [1.29, 1.82) is 0 Å². The van der Waals surface area contributed by atoms with Gasteiger partial charge in [0.05, 0.1) is 38.8 Å².